The molecule has 2 N–H and O–H groups in total. The zero-order chi connectivity index (χ0) is 11.6. The van der Waals surface area contributed by atoms with Gasteiger partial charge in [0.15, 0.2) is 0 Å². The van der Waals surface area contributed by atoms with Crippen LogP contribution in [0.4, 0.5) is 0 Å². The molecular weight excluding hydrogens is 248 g/mol. The van der Waals surface area contributed by atoms with Gasteiger partial charge >= 0.3 is 7.60 Å². The predicted molar refractivity (Wildman–Crippen MR) is 58.3 cm³/mol. The highest BCUT2D eigenvalue weighted by atomic mass is 35.5. The summed E-state index contributed by atoms with van der Waals surface area (Å²) in [6.07, 6.45) is 0.378. The minimum absolute atomic E-state index is 0.133. The fourth-order valence-corrected chi connectivity index (χ4v) is 2.47. The lowest BCUT2D eigenvalue weighted by atomic mass is 9.94. The Balaban J connectivity index is 4.19. The molecule has 0 aliphatic rings. The van der Waals surface area contributed by atoms with Gasteiger partial charge in [0.2, 0.25) is 0 Å². The fraction of sp³-hybridized carbons (Fsp3) is 1.00. The van der Waals surface area contributed by atoms with E-state index in [0.29, 0.717) is 6.42 Å². The third-order valence-corrected chi connectivity index (χ3v) is 3.87. The van der Waals surface area contributed by atoms with E-state index in [1.165, 1.54) is 0 Å². The van der Waals surface area contributed by atoms with Crippen molar-refractivity contribution in [2.24, 2.45) is 5.92 Å². The van der Waals surface area contributed by atoms with Crippen molar-refractivity contribution in [3.63, 3.8) is 0 Å². The van der Waals surface area contributed by atoms with Gasteiger partial charge in [0.05, 0.1) is 6.16 Å². The molecule has 0 aromatic heterocycles. The molecule has 0 aromatic rings. The third kappa shape index (κ3) is 6.23. The van der Waals surface area contributed by atoms with Crippen LogP contribution in [0, 0.1) is 5.92 Å². The van der Waals surface area contributed by atoms with Crippen molar-refractivity contribution >= 4 is 31.1 Å². The van der Waals surface area contributed by atoms with Gasteiger partial charge in [0.1, 0.15) is 0 Å². The Morgan fingerprint density at radius 3 is 2.14 bits per heavy atom. The second kappa shape index (κ2) is 5.15. The summed E-state index contributed by atoms with van der Waals surface area (Å²) >= 11 is 11.2. The molecule has 0 aliphatic carbocycles. The van der Waals surface area contributed by atoms with Gasteiger partial charge in [-0.05, 0) is 49.7 Å². The summed E-state index contributed by atoms with van der Waals surface area (Å²) < 4.78 is 11.7. The Labute approximate surface area is 94.6 Å². The van der Waals surface area contributed by atoms with E-state index in [4.69, 9.17) is 33.3 Å². The first-order valence-corrected chi connectivity index (χ1v) is 6.68. The summed E-state index contributed by atoms with van der Waals surface area (Å²) in [5, 5.41) is 0. The van der Waals surface area contributed by atoms with Crippen molar-refractivity contribution in [1.82, 2.24) is 3.94 Å². The van der Waals surface area contributed by atoms with E-state index >= 15 is 0 Å². The molecule has 86 valence electrons. The maximum Gasteiger partial charge on any atom is 0.325 e. The van der Waals surface area contributed by atoms with Crippen LogP contribution in [0.15, 0.2) is 0 Å². The molecule has 0 amide bonds. The zero-order valence-corrected chi connectivity index (χ0v) is 10.9. The van der Waals surface area contributed by atoms with Crippen molar-refractivity contribution in [2.75, 3.05) is 6.16 Å². The molecule has 0 heterocycles. The summed E-state index contributed by atoms with van der Waals surface area (Å²) in [7, 11) is -3.94. The number of hydrogen-bond donors (Lipinski definition) is 2. The van der Waals surface area contributed by atoms with Crippen LogP contribution in [-0.2, 0) is 4.57 Å². The second-order valence-corrected chi connectivity index (χ2v) is 6.75. The molecule has 0 bridgehead atoms. The lowest BCUT2D eigenvalue weighted by molar-refractivity contribution is 0.279. The molecule has 0 rings (SSSR count). The molecule has 0 saturated heterocycles. The first-order valence-electron chi connectivity index (χ1n) is 4.21. The molecule has 0 aliphatic heterocycles. The van der Waals surface area contributed by atoms with Gasteiger partial charge in [0, 0.05) is 5.54 Å². The molecule has 0 fully saturated rings. The number of nitrogens with zero attached hydrogens (tertiary/aromatic N) is 1. The molecule has 14 heavy (non-hydrogen) atoms. The highest BCUT2D eigenvalue weighted by Gasteiger charge is 2.29. The molecule has 0 radical (unpaired) electrons. The fourth-order valence-electron chi connectivity index (χ4n) is 1.39. The highest BCUT2D eigenvalue weighted by Crippen LogP contribution is 2.39. The van der Waals surface area contributed by atoms with Gasteiger partial charge in [-0.2, -0.15) is 0 Å². The third-order valence-electron chi connectivity index (χ3n) is 1.86. The zero-order valence-electron chi connectivity index (χ0n) is 8.44. The van der Waals surface area contributed by atoms with Crippen molar-refractivity contribution in [3.05, 3.63) is 0 Å². The van der Waals surface area contributed by atoms with Crippen LogP contribution in [-0.4, -0.2) is 25.4 Å². The van der Waals surface area contributed by atoms with Gasteiger partial charge < -0.3 is 9.79 Å². The van der Waals surface area contributed by atoms with Crippen LogP contribution in [0.5, 0.6) is 0 Å². The predicted octanol–water partition coefficient (Wildman–Crippen LogP) is 2.58. The first-order chi connectivity index (χ1) is 6.04. The van der Waals surface area contributed by atoms with Crippen LogP contribution in [0.25, 0.3) is 0 Å². The summed E-state index contributed by atoms with van der Waals surface area (Å²) in [6, 6.07) is 0. The normalized spacial score (nSPS) is 16.0. The maximum absolute atomic E-state index is 10.7. The molecule has 7 heteroatoms. The average Bonchev–Trinajstić information content (AvgIpc) is 1.79. The molecule has 0 spiro atoms. The molecular formula is C7H16Cl2NO3P. The van der Waals surface area contributed by atoms with Crippen LogP contribution >= 0.6 is 31.1 Å². The van der Waals surface area contributed by atoms with Crippen molar-refractivity contribution in [3.8, 4) is 0 Å². The van der Waals surface area contributed by atoms with Gasteiger partial charge in [0.25, 0.3) is 0 Å². The SMILES string of the molecule is CC(CC(C)(C)N(Cl)Cl)CP(=O)(O)O. The Kier molecular flexibility index (Phi) is 5.40. The van der Waals surface area contributed by atoms with Gasteiger partial charge in [-0.1, -0.05) is 6.92 Å². The standard InChI is InChI=1S/C7H16Cl2NO3P/c1-6(5-14(11,12)13)4-7(2,3)10(8)9/h6H,4-5H2,1-3H3,(H2,11,12,13). The smallest absolute Gasteiger partial charge is 0.324 e. The number of rotatable bonds is 5. The summed E-state index contributed by atoms with van der Waals surface area (Å²) in [6.45, 7) is 5.38. The highest BCUT2D eigenvalue weighted by molar-refractivity contribution is 7.51. The minimum Gasteiger partial charge on any atom is -0.324 e. The summed E-state index contributed by atoms with van der Waals surface area (Å²) in [4.78, 5) is 17.5. The quantitative estimate of drug-likeness (QED) is 0.591. The molecule has 4 nitrogen and oxygen atoms in total. The second-order valence-electron chi connectivity index (χ2n) is 4.20. The molecule has 1 unspecified atom stereocenters. The molecule has 0 aromatic carbocycles. The van der Waals surface area contributed by atoms with E-state index in [1.54, 1.807) is 6.92 Å². The minimum atomic E-state index is -3.94. The van der Waals surface area contributed by atoms with Crippen LogP contribution in [0.2, 0.25) is 0 Å². The largest absolute Gasteiger partial charge is 0.325 e. The molecule has 1 atom stereocenters. The van der Waals surface area contributed by atoms with Crippen LogP contribution in [0.1, 0.15) is 27.2 Å². The van der Waals surface area contributed by atoms with E-state index in [0.717, 1.165) is 3.94 Å². The Hall–Kier alpha value is 0.690. The Morgan fingerprint density at radius 1 is 1.43 bits per heavy atom. The topological polar surface area (TPSA) is 60.8 Å². The van der Waals surface area contributed by atoms with Crippen molar-refractivity contribution in [1.29, 1.82) is 0 Å². The number of halogens is 2. The van der Waals surface area contributed by atoms with Crippen LogP contribution in [0.3, 0.4) is 0 Å². The van der Waals surface area contributed by atoms with E-state index in [1.807, 2.05) is 13.8 Å². The summed E-state index contributed by atoms with van der Waals surface area (Å²) in [5.74, 6) is -0.133. The van der Waals surface area contributed by atoms with E-state index in [-0.39, 0.29) is 12.1 Å². The van der Waals surface area contributed by atoms with E-state index in [9.17, 15) is 4.57 Å². The monoisotopic (exact) mass is 263 g/mol. The average molecular weight is 264 g/mol. The van der Waals surface area contributed by atoms with Gasteiger partial charge in [-0.3, -0.25) is 4.57 Å². The number of hydrogen-bond acceptors (Lipinski definition) is 2. The van der Waals surface area contributed by atoms with Gasteiger partial charge in [-0.25, -0.2) is 0 Å². The van der Waals surface area contributed by atoms with E-state index < -0.39 is 13.1 Å². The van der Waals surface area contributed by atoms with Gasteiger partial charge in [-0.15, -0.1) is 3.94 Å². The Morgan fingerprint density at radius 2 is 1.86 bits per heavy atom. The first kappa shape index (κ1) is 14.7. The summed E-state index contributed by atoms with van der Waals surface area (Å²) in [5.41, 5.74) is -0.488. The maximum atomic E-state index is 10.7. The molecule has 0 saturated carbocycles. The van der Waals surface area contributed by atoms with E-state index in [2.05, 4.69) is 0 Å². The van der Waals surface area contributed by atoms with Crippen molar-refractivity contribution in [2.45, 2.75) is 32.7 Å². The Bertz CT molecular complexity index is 229. The van der Waals surface area contributed by atoms with Crippen molar-refractivity contribution < 1.29 is 14.4 Å². The lowest BCUT2D eigenvalue weighted by Crippen LogP contribution is -2.33. The van der Waals surface area contributed by atoms with Crippen LogP contribution < -0.4 is 0 Å². The lowest BCUT2D eigenvalue weighted by Gasteiger charge is -2.30.